The fourth-order valence-electron chi connectivity index (χ4n) is 7.59. The van der Waals surface area contributed by atoms with Gasteiger partial charge < -0.3 is 4.74 Å². The third-order valence-corrected chi connectivity index (χ3v) is 10.4. The number of fused-ring (bicyclic) bond motifs is 3. The monoisotopic (exact) mass is 692 g/mol. The van der Waals surface area contributed by atoms with Crippen LogP contribution < -0.4 is 4.74 Å². The molecule has 0 aliphatic carbocycles. The molecule has 6 heteroatoms. The van der Waals surface area contributed by atoms with E-state index in [1.54, 1.807) is 0 Å². The van der Waals surface area contributed by atoms with E-state index in [1.807, 2.05) is 34.9 Å². The zero-order chi connectivity index (χ0) is 36.4. The number of aryl methyl sites for hydroxylation is 4. The number of nitrogens with zero attached hydrogens (tertiary/aromatic N) is 4. The third kappa shape index (κ3) is 6.99. The maximum atomic E-state index is 14.4. The van der Waals surface area contributed by atoms with Crippen LogP contribution in [-0.4, -0.2) is 19.3 Å². The van der Waals surface area contributed by atoms with Crippen LogP contribution in [0.2, 0.25) is 0 Å². The van der Waals surface area contributed by atoms with Crippen LogP contribution in [0.15, 0.2) is 91.1 Å². The average Bonchev–Trinajstić information content (AvgIpc) is 3.65. The molecule has 0 fully saturated rings. The highest BCUT2D eigenvalue weighted by atomic mass is 19.1. The fraction of sp³-hybridized carbons (Fsp3) is 0.304. The first-order valence-electron chi connectivity index (χ1n) is 18.9. The van der Waals surface area contributed by atoms with Gasteiger partial charge in [0.1, 0.15) is 23.1 Å². The molecule has 0 amide bonds. The van der Waals surface area contributed by atoms with Gasteiger partial charge in [-0.25, -0.2) is 14.1 Å². The number of halogens is 1. The van der Waals surface area contributed by atoms with E-state index in [9.17, 15) is 4.39 Å². The number of aromatic nitrogens is 4. The van der Waals surface area contributed by atoms with Crippen molar-refractivity contribution < 1.29 is 9.13 Å². The van der Waals surface area contributed by atoms with Crippen molar-refractivity contribution in [3.8, 4) is 34.1 Å². The summed E-state index contributed by atoms with van der Waals surface area (Å²) in [5.41, 5.74) is 12.9. The topological polar surface area (TPSA) is 44.9 Å². The number of pyridine rings is 1. The molecule has 0 radical (unpaired) electrons. The molecule has 0 spiro atoms. The molecule has 7 rings (SSSR count). The van der Waals surface area contributed by atoms with Crippen LogP contribution in [0.3, 0.4) is 0 Å². The van der Waals surface area contributed by atoms with Crippen LogP contribution in [0.25, 0.3) is 44.4 Å². The molecule has 0 N–H and O–H groups in total. The second kappa shape index (κ2) is 15.2. The highest BCUT2D eigenvalue weighted by molar-refractivity contribution is 6.09. The molecule has 0 saturated carbocycles. The van der Waals surface area contributed by atoms with E-state index in [0.717, 1.165) is 70.2 Å². The molecule has 3 heterocycles. The first kappa shape index (κ1) is 35.2. The summed E-state index contributed by atoms with van der Waals surface area (Å²) in [4.78, 5) is 4.53. The number of hydrogen-bond donors (Lipinski definition) is 0. The number of rotatable bonds is 13. The highest BCUT2D eigenvalue weighted by Crippen LogP contribution is 2.38. The number of ether oxygens (including phenoxy) is 1. The van der Waals surface area contributed by atoms with Gasteiger partial charge in [-0.15, -0.1) is 0 Å². The van der Waals surface area contributed by atoms with Crippen molar-refractivity contribution in [2.24, 2.45) is 0 Å². The molecule has 0 unspecified atom stereocenters. The molecule has 7 aromatic rings. The van der Waals surface area contributed by atoms with E-state index < -0.39 is 0 Å². The number of benzene rings is 4. The second-order valence-corrected chi connectivity index (χ2v) is 14.3. The van der Waals surface area contributed by atoms with Crippen molar-refractivity contribution in [2.75, 3.05) is 0 Å². The lowest BCUT2D eigenvalue weighted by Crippen LogP contribution is -2.04. The van der Waals surface area contributed by atoms with Crippen molar-refractivity contribution >= 4 is 21.8 Å². The Labute approximate surface area is 307 Å². The Kier molecular flexibility index (Phi) is 10.3. The normalized spacial score (nSPS) is 11.6. The smallest absolute Gasteiger partial charge is 0.140 e. The zero-order valence-electron chi connectivity index (χ0n) is 31.4. The molecule has 0 aliphatic rings. The first-order valence-corrected chi connectivity index (χ1v) is 18.9. The second-order valence-electron chi connectivity index (χ2n) is 14.3. The van der Waals surface area contributed by atoms with E-state index in [0.29, 0.717) is 11.6 Å². The number of hydrogen-bond acceptors (Lipinski definition) is 3. The van der Waals surface area contributed by atoms with Gasteiger partial charge in [0.15, 0.2) is 0 Å². The quantitative estimate of drug-likeness (QED) is 0.113. The molecule has 266 valence electrons. The van der Waals surface area contributed by atoms with Crippen LogP contribution in [-0.2, 0) is 12.8 Å². The van der Waals surface area contributed by atoms with Crippen LogP contribution in [0.5, 0.6) is 11.5 Å². The van der Waals surface area contributed by atoms with Crippen molar-refractivity contribution in [1.29, 1.82) is 0 Å². The summed E-state index contributed by atoms with van der Waals surface area (Å²) in [6.45, 7) is 13.3. The summed E-state index contributed by atoms with van der Waals surface area (Å²) in [6, 6.07) is 28.2. The summed E-state index contributed by atoms with van der Waals surface area (Å²) >= 11 is 0. The maximum Gasteiger partial charge on any atom is 0.140 e. The van der Waals surface area contributed by atoms with E-state index in [2.05, 4.69) is 93.7 Å². The standard InChI is InChI=1S/C46H49FN4O/c1-7-9-10-11-12-18-43-46(34-25-31(4)33(6)32(5)26-34)41(15-8-2)49-51(43)36-23-30(3)24-38(28-36)52-37-19-20-40-39-16-13-14-17-42(39)50(44(40)29-37)45-27-35(47)21-22-48-45/h13-14,16-17,19-29H,7-12,15,18H2,1-6H3. The molecule has 0 saturated heterocycles. The minimum Gasteiger partial charge on any atom is -0.457 e. The van der Waals surface area contributed by atoms with E-state index in [4.69, 9.17) is 9.84 Å². The zero-order valence-corrected chi connectivity index (χ0v) is 31.4. The minimum absolute atomic E-state index is 0.326. The largest absolute Gasteiger partial charge is 0.457 e. The first-order chi connectivity index (χ1) is 25.2. The lowest BCUT2D eigenvalue weighted by Gasteiger charge is -2.15. The number of para-hydroxylation sites is 1. The lowest BCUT2D eigenvalue weighted by molar-refractivity contribution is 0.482. The van der Waals surface area contributed by atoms with E-state index >= 15 is 0 Å². The molecule has 4 aromatic carbocycles. The van der Waals surface area contributed by atoms with Crippen molar-refractivity contribution in [1.82, 2.24) is 19.3 Å². The Morgan fingerprint density at radius 1 is 0.692 bits per heavy atom. The molecule has 0 atom stereocenters. The average molecular weight is 693 g/mol. The van der Waals surface area contributed by atoms with Gasteiger partial charge in [-0.3, -0.25) is 4.57 Å². The van der Waals surface area contributed by atoms with Crippen LogP contribution in [0.4, 0.5) is 4.39 Å². The van der Waals surface area contributed by atoms with Gasteiger partial charge in [0.25, 0.3) is 0 Å². The predicted molar refractivity (Wildman–Crippen MR) is 213 cm³/mol. The molecule has 3 aromatic heterocycles. The van der Waals surface area contributed by atoms with Crippen LogP contribution in [0, 0.1) is 33.5 Å². The summed E-state index contributed by atoms with van der Waals surface area (Å²) < 4.78 is 25.3. The molecule has 0 bridgehead atoms. The minimum atomic E-state index is -0.326. The van der Waals surface area contributed by atoms with Gasteiger partial charge in [-0.05, 0) is 111 Å². The van der Waals surface area contributed by atoms with E-state index in [-0.39, 0.29) is 5.82 Å². The maximum absolute atomic E-state index is 14.4. The summed E-state index contributed by atoms with van der Waals surface area (Å²) in [5.74, 6) is 1.64. The summed E-state index contributed by atoms with van der Waals surface area (Å²) in [5, 5.41) is 7.50. The fourth-order valence-corrected chi connectivity index (χ4v) is 7.59. The Balaban J connectivity index is 1.32. The van der Waals surface area contributed by atoms with Crippen LogP contribution in [0.1, 0.15) is 86.0 Å². The van der Waals surface area contributed by atoms with Gasteiger partial charge in [0.2, 0.25) is 0 Å². The van der Waals surface area contributed by atoms with Gasteiger partial charge in [0, 0.05) is 40.7 Å². The van der Waals surface area contributed by atoms with Crippen LogP contribution >= 0.6 is 0 Å². The van der Waals surface area contributed by atoms with Crippen molar-refractivity contribution in [2.45, 2.75) is 92.9 Å². The summed E-state index contributed by atoms with van der Waals surface area (Å²) in [7, 11) is 0. The molecular weight excluding hydrogens is 644 g/mol. The molecule has 52 heavy (non-hydrogen) atoms. The van der Waals surface area contributed by atoms with Crippen molar-refractivity contribution in [3.05, 3.63) is 131 Å². The SMILES string of the molecule is CCCCCCCc1c(-c2cc(C)c(C)c(C)c2)c(CCC)nn1-c1cc(C)cc(Oc2ccc3c4ccccc4n(-c4cc(F)ccn4)c3c2)c1. The van der Waals surface area contributed by atoms with Gasteiger partial charge in [-0.2, -0.15) is 5.10 Å². The lowest BCUT2D eigenvalue weighted by atomic mass is 9.93. The summed E-state index contributed by atoms with van der Waals surface area (Å²) in [6.07, 6.45) is 10.5. The molecular formula is C46H49FN4O. The molecule has 0 aliphatic heterocycles. The Hall–Kier alpha value is -5.23. The predicted octanol–water partition coefficient (Wildman–Crippen LogP) is 12.7. The Morgan fingerprint density at radius 3 is 2.23 bits per heavy atom. The van der Waals surface area contributed by atoms with Gasteiger partial charge in [-0.1, -0.05) is 76.3 Å². The molecule has 5 nitrogen and oxygen atoms in total. The van der Waals surface area contributed by atoms with E-state index in [1.165, 1.54) is 77.5 Å². The third-order valence-electron chi connectivity index (χ3n) is 10.4. The van der Waals surface area contributed by atoms with Crippen molar-refractivity contribution in [3.63, 3.8) is 0 Å². The number of unbranched alkanes of at least 4 members (excludes halogenated alkanes) is 4. The Bertz CT molecular complexity index is 2360. The van der Waals surface area contributed by atoms with Gasteiger partial charge in [0.05, 0.1) is 28.1 Å². The van der Waals surface area contributed by atoms with Gasteiger partial charge >= 0.3 is 0 Å². The highest BCUT2D eigenvalue weighted by Gasteiger charge is 2.22. The Morgan fingerprint density at radius 2 is 1.46 bits per heavy atom.